The molecule has 0 radical (unpaired) electrons. The third kappa shape index (κ3) is 3.83. The maximum Gasteiger partial charge on any atom is 0.223 e. The summed E-state index contributed by atoms with van der Waals surface area (Å²) in [6.45, 7) is 5.60. The van der Waals surface area contributed by atoms with Gasteiger partial charge in [-0.05, 0) is 26.3 Å². The highest BCUT2D eigenvalue weighted by Crippen LogP contribution is 2.23. The molecular weight excluding hydrogens is 244 g/mol. The van der Waals surface area contributed by atoms with Crippen LogP contribution in [0.5, 0.6) is 0 Å². The first-order valence-electron chi connectivity index (χ1n) is 6.93. The van der Waals surface area contributed by atoms with Crippen molar-refractivity contribution in [1.29, 1.82) is 0 Å². The van der Waals surface area contributed by atoms with Crippen molar-refractivity contribution >= 4 is 11.7 Å². The lowest BCUT2D eigenvalue weighted by molar-refractivity contribution is -0.126. The average Bonchev–Trinajstić information content (AvgIpc) is 2.40. The molecule has 0 bridgehead atoms. The van der Waals surface area contributed by atoms with Gasteiger partial charge in [-0.25, -0.2) is 0 Å². The van der Waals surface area contributed by atoms with E-state index in [0.717, 1.165) is 25.9 Å². The molecule has 6 nitrogen and oxygen atoms in total. The zero-order chi connectivity index (χ0) is 14.5. The van der Waals surface area contributed by atoms with Crippen LogP contribution in [0.15, 0.2) is 5.16 Å². The molecule has 0 aromatic carbocycles. The van der Waals surface area contributed by atoms with E-state index in [-0.39, 0.29) is 17.7 Å². The number of hydrogen-bond acceptors (Lipinski definition) is 4. The lowest BCUT2D eigenvalue weighted by atomic mass is 9.85. The lowest BCUT2D eigenvalue weighted by Crippen LogP contribution is -2.62. The standard InChI is InChI=1S/C13H26N4O2/c1-4-5-10(2)11(18)15-13(12(14)16-19)6-8-17(3)9-7-13/h10,19H,4-9H2,1-3H3,(H2,14,16)(H,15,18). The number of oxime groups is 1. The summed E-state index contributed by atoms with van der Waals surface area (Å²) in [6, 6.07) is 0. The Morgan fingerprint density at radius 2 is 2.11 bits per heavy atom. The van der Waals surface area contributed by atoms with Gasteiger partial charge in [-0.2, -0.15) is 0 Å². The van der Waals surface area contributed by atoms with Crippen LogP contribution in [0, 0.1) is 5.92 Å². The van der Waals surface area contributed by atoms with Gasteiger partial charge in [0.1, 0.15) is 5.54 Å². The first kappa shape index (κ1) is 15.8. The number of amidine groups is 1. The molecular formula is C13H26N4O2. The largest absolute Gasteiger partial charge is 0.409 e. The number of nitrogens with zero attached hydrogens (tertiary/aromatic N) is 2. The van der Waals surface area contributed by atoms with Crippen molar-refractivity contribution in [3.63, 3.8) is 0 Å². The van der Waals surface area contributed by atoms with E-state index in [2.05, 4.69) is 22.3 Å². The summed E-state index contributed by atoms with van der Waals surface area (Å²) in [4.78, 5) is 14.4. The van der Waals surface area contributed by atoms with Crippen molar-refractivity contribution in [2.24, 2.45) is 16.8 Å². The molecule has 1 aliphatic heterocycles. The smallest absolute Gasteiger partial charge is 0.223 e. The first-order chi connectivity index (χ1) is 8.95. The van der Waals surface area contributed by atoms with Gasteiger partial charge in [0.15, 0.2) is 5.84 Å². The number of piperidine rings is 1. The second kappa shape index (κ2) is 6.75. The fourth-order valence-electron chi connectivity index (χ4n) is 2.46. The molecule has 19 heavy (non-hydrogen) atoms. The minimum absolute atomic E-state index is 0.0157. The summed E-state index contributed by atoms with van der Waals surface area (Å²) in [6.07, 6.45) is 3.15. The predicted octanol–water partition coefficient (Wildman–Crippen LogP) is 0.750. The Morgan fingerprint density at radius 3 is 2.58 bits per heavy atom. The van der Waals surface area contributed by atoms with Crippen molar-refractivity contribution < 1.29 is 10.0 Å². The third-order valence-electron chi connectivity index (χ3n) is 3.97. The summed E-state index contributed by atoms with van der Waals surface area (Å²) < 4.78 is 0. The first-order valence-corrected chi connectivity index (χ1v) is 6.93. The molecule has 110 valence electrons. The van der Waals surface area contributed by atoms with E-state index in [4.69, 9.17) is 10.9 Å². The summed E-state index contributed by atoms with van der Waals surface area (Å²) in [5, 5.41) is 15.1. The summed E-state index contributed by atoms with van der Waals surface area (Å²) in [7, 11) is 2.03. The highest BCUT2D eigenvalue weighted by Gasteiger charge is 2.40. The van der Waals surface area contributed by atoms with Gasteiger partial charge in [-0.3, -0.25) is 4.79 Å². The van der Waals surface area contributed by atoms with Crippen LogP contribution >= 0.6 is 0 Å². The molecule has 1 rings (SSSR count). The molecule has 1 unspecified atom stereocenters. The van der Waals surface area contributed by atoms with Gasteiger partial charge < -0.3 is 21.2 Å². The Labute approximate surface area is 115 Å². The van der Waals surface area contributed by atoms with Gasteiger partial charge in [-0.1, -0.05) is 25.4 Å². The second-order valence-corrected chi connectivity index (χ2v) is 5.55. The molecule has 1 amide bonds. The summed E-state index contributed by atoms with van der Waals surface area (Å²) in [5.41, 5.74) is 5.12. The lowest BCUT2D eigenvalue weighted by Gasteiger charge is -2.40. The molecule has 6 heteroatoms. The molecule has 0 spiro atoms. The molecule has 1 heterocycles. The summed E-state index contributed by atoms with van der Waals surface area (Å²) >= 11 is 0. The highest BCUT2D eigenvalue weighted by molar-refractivity contribution is 5.94. The van der Waals surface area contributed by atoms with Gasteiger partial charge >= 0.3 is 0 Å². The van der Waals surface area contributed by atoms with E-state index < -0.39 is 5.54 Å². The van der Waals surface area contributed by atoms with Crippen LogP contribution in [0.25, 0.3) is 0 Å². The van der Waals surface area contributed by atoms with Gasteiger partial charge in [-0.15, -0.1) is 0 Å². The van der Waals surface area contributed by atoms with Crippen molar-refractivity contribution in [1.82, 2.24) is 10.2 Å². The van der Waals surface area contributed by atoms with E-state index in [1.807, 2.05) is 14.0 Å². The van der Waals surface area contributed by atoms with Gasteiger partial charge in [0, 0.05) is 19.0 Å². The Morgan fingerprint density at radius 1 is 1.53 bits per heavy atom. The normalized spacial score (nSPS) is 21.9. The number of carbonyl (C=O) groups is 1. The van der Waals surface area contributed by atoms with Crippen LogP contribution in [0.4, 0.5) is 0 Å². The van der Waals surface area contributed by atoms with E-state index in [9.17, 15) is 4.79 Å². The van der Waals surface area contributed by atoms with Crippen LogP contribution in [0.2, 0.25) is 0 Å². The van der Waals surface area contributed by atoms with Gasteiger partial charge in [0.05, 0.1) is 0 Å². The molecule has 1 aliphatic rings. The zero-order valence-corrected chi connectivity index (χ0v) is 12.1. The maximum absolute atomic E-state index is 12.2. The number of rotatable bonds is 5. The topological polar surface area (TPSA) is 91.0 Å². The number of hydrogen-bond donors (Lipinski definition) is 3. The van der Waals surface area contributed by atoms with E-state index in [0.29, 0.717) is 12.8 Å². The Bertz CT molecular complexity index is 336. The van der Waals surface area contributed by atoms with Crippen LogP contribution < -0.4 is 11.1 Å². The Balaban J connectivity index is 2.79. The van der Waals surface area contributed by atoms with Gasteiger partial charge in [0.25, 0.3) is 0 Å². The fraction of sp³-hybridized carbons (Fsp3) is 0.846. The number of nitrogens with one attached hydrogen (secondary N) is 1. The van der Waals surface area contributed by atoms with Crippen molar-refractivity contribution in [2.45, 2.75) is 45.1 Å². The molecule has 1 atom stereocenters. The van der Waals surface area contributed by atoms with Crippen molar-refractivity contribution in [2.75, 3.05) is 20.1 Å². The van der Waals surface area contributed by atoms with E-state index >= 15 is 0 Å². The Kier molecular flexibility index (Phi) is 5.60. The SMILES string of the molecule is CCCC(C)C(=O)NC1(/C(N)=N/O)CCN(C)CC1. The molecule has 4 N–H and O–H groups in total. The van der Waals surface area contributed by atoms with Crippen LogP contribution in [-0.2, 0) is 4.79 Å². The number of likely N-dealkylation sites (tertiary alicyclic amines) is 1. The quantitative estimate of drug-likeness (QED) is 0.297. The minimum atomic E-state index is -0.694. The maximum atomic E-state index is 12.2. The van der Waals surface area contributed by atoms with E-state index in [1.165, 1.54) is 0 Å². The molecule has 1 saturated heterocycles. The molecule has 0 saturated carbocycles. The third-order valence-corrected chi connectivity index (χ3v) is 3.97. The van der Waals surface area contributed by atoms with Crippen LogP contribution in [-0.4, -0.2) is 47.5 Å². The number of amides is 1. The Hall–Kier alpha value is -1.30. The highest BCUT2D eigenvalue weighted by atomic mass is 16.4. The molecule has 1 fully saturated rings. The van der Waals surface area contributed by atoms with Crippen LogP contribution in [0.3, 0.4) is 0 Å². The second-order valence-electron chi connectivity index (χ2n) is 5.55. The summed E-state index contributed by atoms with van der Waals surface area (Å²) in [5.74, 6) is 0.0451. The zero-order valence-electron chi connectivity index (χ0n) is 12.1. The minimum Gasteiger partial charge on any atom is -0.409 e. The van der Waals surface area contributed by atoms with Gasteiger partial charge in [0.2, 0.25) is 5.91 Å². The molecule has 0 aliphatic carbocycles. The number of carbonyl (C=O) groups excluding carboxylic acids is 1. The fourth-order valence-corrected chi connectivity index (χ4v) is 2.46. The molecule has 0 aromatic heterocycles. The predicted molar refractivity (Wildman–Crippen MR) is 75.1 cm³/mol. The van der Waals surface area contributed by atoms with Crippen molar-refractivity contribution in [3.05, 3.63) is 0 Å². The van der Waals surface area contributed by atoms with E-state index in [1.54, 1.807) is 0 Å². The van der Waals surface area contributed by atoms with Crippen LogP contribution in [0.1, 0.15) is 39.5 Å². The molecule has 0 aromatic rings. The monoisotopic (exact) mass is 270 g/mol. The van der Waals surface area contributed by atoms with Crippen molar-refractivity contribution in [3.8, 4) is 0 Å². The average molecular weight is 270 g/mol. The number of nitrogens with two attached hydrogens (primary N) is 1.